The second kappa shape index (κ2) is 8.21. The zero-order valence-electron chi connectivity index (χ0n) is 13.9. The molecule has 1 N–H and O–H groups in total. The molecular weight excluding hydrogens is 344 g/mol. The van der Waals surface area contributed by atoms with Gasteiger partial charge in [0.15, 0.2) is 0 Å². The number of pyridine rings is 1. The Hall–Kier alpha value is -1.99. The molecule has 24 heavy (non-hydrogen) atoms. The summed E-state index contributed by atoms with van der Waals surface area (Å²) < 4.78 is 5.05. The van der Waals surface area contributed by atoms with Crippen molar-refractivity contribution in [2.75, 3.05) is 24.9 Å². The Morgan fingerprint density at radius 2 is 1.79 bits per heavy atom. The van der Waals surface area contributed by atoms with Crippen molar-refractivity contribution in [1.29, 1.82) is 0 Å². The summed E-state index contributed by atoms with van der Waals surface area (Å²) in [5, 5.41) is 3.40. The molecule has 0 saturated carbocycles. The van der Waals surface area contributed by atoms with E-state index in [-0.39, 0.29) is 0 Å². The van der Waals surface area contributed by atoms with E-state index in [2.05, 4.69) is 10.3 Å². The molecule has 0 atom stereocenters. The predicted octanol–water partition coefficient (Wildman–Crippen LogP) is 3.66. The molecule has 5 nitrogen and oxygen atoms in total. The number of rotatable bonds is 6. The summed E-state index contributed by atoms with van der Waals surface area (Å²) in [5.41, 5.74) is 1.75. The van der Waals surface area contributed by atoms with Crippen LogP contribution in [0.25, 0.3) is 0 Å². The van der Waals surface area contributed by atoms with Crippen molar-refractivity contribution in [3.8, 4) is 5.75 Å². The number of methoxy groups -OCH3 is 1. The van der Waals surface area contributed by atoms with Gasteiger partial charge < -0.3 is 10.1 Å². The van der Waals surface area contributed by atoms with Crippen LogP contribution < -0.4 is 10.1 Å². The molecule has 0 bridgehead atoms. The summed E-state index contributed by atoms with van der Waals surface area (Å²) >= 11 is 2.92. The van der Waals surface area contributed by atoms with Crippen molar-refractivity contribution in [1.82, 2.24) is 4.98 Å². The molecule has 0 unspecified atom stereocenters. The van der Waals surface area contributed by atoms with Crippen molar-refractivity contribution in [2.45, 2.75) is 16.8 Å². The third kappa shape index (κ3) is 4.10. The number of carbonyl (C=O) groups is 2. The lowest BCUT2D eigenvalue weighted by atomic mass is 10.1. The molecule has 1 aromatic carbocycles. The van der Waals surface area contributed by atoms with Crippen LogP contribution in [-0.4, -0.2) is 36.3 Å². The minimum atomic E-state index is -0.684. The number of anilines is 1. The molecule has 0 aliphatic carbocycles. The molecule has 1 heterocycles. The van der Waals surface area contributed by atoms with E-state index >= 15 is 0 Å². The summed E-state index contributed by atoms with van der Waals surface area (Å²) in [6.45, 7) is 1.90. The van der Waals surface area contributed by atoms with E-state index in [0.717, 1.165) is 10.6 Å². The highest BCUT2D eigenvalue weighted by atomic mass is 32.2. The number of ketones is 1. The van der Waals surface area contributed by atoms with Gasteiger partial charge in [-0.3, -0.25) is 9.59 Å². The number of carbonyl (C=O) groups excluding carboxylic acids is 2. The van der Waals surface area contributed by atoms with Gasteiger partial charge in [0.2, 0.25) is 0 Å². The summed E-state index contributed by atoms with van der Waals surface area (Å²) in [6, 6.07) is 8.32. The van der Waals surface area contributed by atoms with E-state index in [0.29, 0.717) is 22.0 Å². The fourth-order valence-corrected chi connectivity index (χ4v) is 3.39. The number of hydrogen-bond donors (Lipinski definition) is 1. The number of aryl methyl sites for hydroxylation is 1. The summed E-state index contributed by atoms with van der Waals surface area (Å²) in [7, 11) is 1.54. The highest BCUT2D eigenvalue weighted by molar-refractivity contribution is 7.99. The number of benzene rings is 1. The number of hydrogen-bond acceptors (Lipinski definition) is 6. The van der Waals surface area contributed by atoms with Crippen LogP contribution in [0.15, 0.2) is 40.3 Å². The van der Waals surface area contributed by atoms with Gasteiger partial charge in [-0.2, -0.15) is 0 Å². The van der Waals surface area contributed by atoms with Gasteiger partial charge in [-0.1, -0.05) is 0 Å². The smallest absolute Gasteiger partial charge is 0.296 e. The normalized spacial score (nSPS) is 10.3. The molecule has 0 aliphatic rings. The van der Waals surface area contributed by atoms with Gasteiger partial charge in [-0.15, -0.1) is 23.5 Å². The lowest BCUT2D eigenvalue weighted by molar-refractivity contribution is -0.112. The quantitative estimate of drug-likeness (QED) is 0.480. The zero-order chi connectivity index (χ0) is 17.7. The van der Waals surface area contributed by atoms with Crippen LogP contribution in [0.3, 0.4) is 0 Å². The fraction of sp³-hybridized carbons (Fsp3) is 0.235. The van der Waals surface area contributed by atoms with Crippen molar-refractivity contribution in [2.24, 2.45) is 0 Å². The third-order valence-corrected chi connectivity index (χ3v) is 4.73. The molecule has 2 rings (SSSR count). The lowest BCUT2D eigenvalue weighted by Gasteiger charge is -2.13. The van der Waals surface area contributed by atoms with E-state index in [1.165, 1.54) is 23.5 Å². The van der Waals surface area contributed by atoms with Crippen LogP contribution in [0.5, 0.6) is 5.75 Å². The van der Waals surface area contributed by atoms with Crippen LogP contribution in [0.1, 0.15) is 16.1 Å². The molecule has 2 aromatic rings. The van der Waals surface area contributed by atoms with Gasteiger partial charge in [0, 0.05) is 16.2 Å². The molecule has 7 heteroatoms. The molecule has 0 spiro atoms. The summed E-state index contributed by atoms with van der Waals surface area (Å²) in [4.78, 5) is 30.0. The number of ether oxygens (including phenoxy) is 1. The molecule has 1 amide bonds. The number of amides is 1. The molecule has 1 aromatic heterocycles. The van der Waals surface area contributed by atoms with E-state index < -0.39 is 11.7 Å². The van der Waals surface area contributed by atoms with Crippen LogP contribution in [0, 0.1) is 6.92 Å². The Morgan fingerprint density at radius 3 is 2.33 bits per heavy atom. The molecule has 126 valence electrons. The van der Waals surface area contributed by atoms with Gasteiger partial charge in [-0.05, 0) is 49.8 Å². The van der Waals surface area contributed by atoms with Crippen LogP contribution >= 0.6 is 23.5 Å². The minimum Gasteiger partial charge on any atom is -0.497 e. The summed E-state index contributed by atoms with van der Waals surface area (Å²) in [5.74, 6) is -0.655. The zero-order valence-corrected chi connectivity index (χ0v) is 15.5. The summed E-state index contributed by atoms with van der Waals surface area (Å²) in [6.07, 6.45) is 3.80. The topological polar surface area (TPSA) is 68.3 Å². The average Bonchev–Trinajstić information content (AvgIpc) is 2.61. The van der Waals surface area contributed by atoms with Crippen molar-refractivity contribution < 1.29 is 14.3 Å². The Kier molecular flexibility index (Phi) is 6.28. The second-order valence-electron chi connectivity index (χ2n) is 4.86. The van der Waals surface area contributed by atoms with E-state index in [9.17, 15) is 9.59 Å². The van der Waals surface area contributed by atoms with Gasteiger partial charge in [-0.25, -0.2) is 4.98 Å². The fourth-order valence-electron chi connectivity index (χ4n) is 2.08. The first-order valence-corrected chi connectivity index (χ1v) is 9.54. The first kappa shape index (κ1) is 18.4. The van der Waals surface area contributed by atoms with Crippen molar-refractivity contribution in [3.05, 3.63) is 41.6 Å². The third-order valence-electron chi connectivity index (χ3n) is 3.29. The number of thioether (sulfide) groups is 2. The van der Waals surface area contributed by atoms with Gasteiger partial charge >= 0.3 is 0 Å². The lowest BCUT2D eigenvalue weighted by Crippen LogP contribution is -2.23. The Bertz CT molecular complexity index is 736. The highest BCUT2D eigenvalue weighted by Gasteiger charge is 2.20. The van der Waals surface area contributed by atoms with Crippen molar-refractivity contribution in [3.63, 3.8) is 0 Å². The maximum Gasteiger partial charge on any atom is 0.296 e. The van der Waals surface area contributed by atoms with Gasteiger partial charge in [0.1, 0.15) is 10.8 Å². The maximum absolute atomic E-state index is 12.4. The Morgan fingerprint density at radius 1 is 1.12 bits per heavy atom. The molecule has 0 aliphatic heterocycles. The monoisotopic (exact) mass is 362 g/mol. The first-order valence-electron chi connectivity index (χ1n) is 7.09. The Balaban J connectivity index is 2.26. The van der Waals surface area contributed by atoms with E-state index in [1.54, 1.807) is 31.4 Å². The predicted molar refractivity (Wildman–Crippen MR) is 98.5 cm³/mol. The van der Waals surface area contributed by atoms with Gasteiger partial charge in [0.05, 0.1) is 12.8 Å². The molecule has 0 radical (unpaired) electrons. The minimum absolute atomic E-state index is 0.310. The second-order valence-corrected chi connectivity index (χ2v) is 6.50. The maximum atomic E-state index is 12.4. The number of nitrogens with zero attached hydrogens (tertiary/aromatic N) is 1. The van der Waals surface area contributed by atoms with E-state index in [1.807, 2.05) is 25.5 Å². The average molecular weight is 362 g/mol. The number of aromatic nitrogens is 1. The molecular formula is C17H18N2O3S2. The highest BCUT2D eigenvalue weighted by Crippen LogP contribution is 2.33. The largest absolute Gasteiger partial charge is 0.497 e. The number of Topliss-reactive ketones (excluding diaryl/α,β-unsaturated/α-hetero) is 1. The molecule has 0 saturated heterocycles. The van der Waals surface area contributed by atoms with Crippen molar-refractivity contribution >= 4 is 40.9 Å². The van der Waals surface area contributed by atoms with Crippen LogP contribution in [0.2, 0.25) is 0 Å². The standard InChI is InChI=1S/C17H18N2O3S2/c1-10-9-13(23-3)14(17(18-10)24-4)19-16(21)15(20)11-5-7-12(22-2)8-6-11/h5-9H,1-4H3,(H,19,21). The van der Waals surface area contributed by atoms with Crippen LogP contribution in [-0.2, 0) is 4.79 Å². The van der Waals surface area contributed by atoms with E-state index in [4.69, 9.17) is 4.74 Å². The first-order chi connectivity index (χ1) is 11.5. The number of nitrogens with one attached hydrogen (secondary N) is 1. The van der Waals surface area contributed by atoms with Gasteiger partial charge in [0.25, 0.3) is 11.7 Å². The van der Waals surface area contributed by atoms with Crippen LogP contribution in [0.4, 0.5) is 5.69 Å². The Labute approximate surface area is 149 Å². The SMILES string of the molecule is COc1ccc(C(=O)C(=O)Nc2c(SC)cc(C)nc2SC)cc1. The molecule has 0 fully saturated rings.